The van der Waals surface area contributed by atoms with Gasteiger partial charge in [0.05, 0.1) is 10.9 Å². The molecule has 30 heavy (non-hydrogen) atoms. The van der Waals surface area contributed by atoms with Gasteiger partial charge >= 0.3 is 0 Å². The molecule has 5 nitrogen and oxygen atoms in total. The molecular weight excluding hydrogens is 403 g/mol. The quantitative estimate of drug-likeness (QED) is 0.636. The van der Waals surface area contributed by atoms with Crippen LogP contribution < -0.4 is 10.0 Å². The SMILES string of the molecule is O=C(NC1CCCc2ccccc21)c1ccc(NS(=O)(=O)c2ccc(F)cc2)cc1. The second-order valence-electron chi connectivity index (χ2n) is 7.25. The fourth-order valence-electron chi connectivity index (χ4n) is 3.66. The number of hydrogen-bond acceptors (Lipinski definition) is 3. The van der Waals surface area contributed by atoms with E-state index in [-0.39, 0.29) is 16.8 Å². The Balaban J connectivity index is 1.45. The zero-order valence-corrected chi connectivity index (χ0v) is 17.0. The number of halogens is 1. The molecule has 4 rings (SSSR count). The number of carbonyl (C=O) groups is 1. The first kappa shape index (κ1) is 20.1. The van der Waals surface area contributed by atoms with Crippen molar-refractivity contribution in [2.24, 2.45) is 0 Å². The van der Waals surface area contributed by atoms with Crippen LogP contribution in [0.3, 0.4) is 0 Å². The lowest BCUT2D eigenvalue weighted by molar-refractivity contribution is 0.0933. The third kappa shape index (κ3) is 4.36. The maximum atomic E-state index is 13.0. The first-order valence-corrected chi connectivity index (χ1v) is 11.2. The van der Waals surface area contributed by atoms with Gasteiger partial charge < -0.3 is 5.32 Å². The van der Waals surface area contributed by atoms with E-state index in [1.54, 1.807) is 12.1 Å². The van der Waals surface area contributed by atoms with Crippen LogP contribution in [0.1, 0.15) is 40.4 Å². The Bertz CT molecular complexity index is 1160. The van der Waals surface area contributed by atoms with Gasteiger partial charge in [0.15, 0.2) is 0 Å². The summed E-state index contributed by atoms with van der Waals surface area (Å²) in [6.07, 6.45) is 2.93. The molecule has 0 aromatic heterocycles. The largest absolute Gasteiger partial charge is 0.345 e. The molecule has 3 aromatic carbocycles. The highest BCUT2D eigenvalue weighted by molar-refractivity contribution is 7.92. The minimum atomic E-state index is -3.84. The van der Waals surface area contributed by atoms with Crippen LogP contribution in [0.4, 0.5) is 10.1 Å². The Morgan fingerprint density at radius 3 is 2.37 bits per heavy atom. The number of nitrogens with one attached hydrogen (secondary N) is 2. The predicted molar refractivity (Wildman–Crippen MR) is 113 cm³/mol. The van der Waals surface area contributed by atoms with E-state index in [0.29, 0.717) is 11.3 Å². The van der Waals surface area contributed by atoms with Gasteiger partial charge in [-0.1, -0.05) is 24.3 Å². The molecule has 2 N–H and O–H groups in total. The summed E-state index contributed by atoms with van der Waals surface area (Å²) in [6.45, 7) is 0. The number of hydrogen-bond donors (Lipinski definition) is 2. The summed E-state index contributed by atoms with van der Waals surface area (Å²) in [6, 6.07) is 18.9. The summed E-state index contributed by atoms with van der Waals surface area (Å²) in [5.41, 5.74) is 3.18. The summed E-state index contributed by atoms with van der Waals surface area (Å²) >= 11 is 0. The number of anilines is 1. The number of rotatable bonds is 5. The topological polar surface area (TPSA) is 75.3 Å². The molecule has 1 atom stereocenters. The molecule has 0 fully saturated rings. The van der Waals surface area contributed by atoms with Crippen LogP contribution in [0, 0.1) is 5.82 Å². The van der Waals surface area contributed by atoms with E-state index in [1.807, 2.05) is 18.2 Å². The number of carbonyl (C=O) groups excluding carboxylic acids is 1. The highest BCUT2D eigenvalue weighted by Gasteiger charge is 2.22. The van der Waals surface area contributed by atoms with Crippen LogP contribution in [-0.2, 0) is 16.4 Å². The third-order valence-corrected chi connectivity index (χ3v) is 6.60. The Morgan fingerprint density at radius 1 is 0.933 bits per heavy atom. The van der Waals surface area contributed by atoms with Crippen molar-refractivity contribution in [2.75, 3.05) is 4.72 Å². The normalized spacial score (nSPS) is 15.8. The number of amides is 1. The molecule has 0 aliphatic heterocycles. The average Bonchev–Trinajstić information content (AvgIpc) is 2.74. The van der Waals surface area contributed by atoms with E-state index in [2.05, 4.69) is 16.1 Å². The lowest BCUT2D eigenvalue weighted by atomic mass is 9.87. The smallest absolute Gasteiger partial charge is 0.261 e. The van der Waals surface area contributed by atoms with E-state index in [1.165, 1.54) is 29.8 Å². The molecule has 0 bridgehead atoms. The van der Waals surface area contributed by atoms with Gasteiger partial charge in [-0.2, -0.15) is 0 Å². The Morgan fingerprint density at radius 2 is 1.63 bits per heavy atom. The van der Waals surface area contributed by atoms with E-state index in [0.717, 1.165) is 37.0 Å². The van der Waals surface area contributed by atoms with Crippen molar-refractivity contribution in [3.63, 3.8) is 0 Å². The van der Waals surface area contributed by atoms with Crippen LogP contribution in [0.5, 0.6) is 0 Å². The number of aryl methyl sites for hydroxylation is 1. The monoisotopic (exact) mass is 424 g/mol. The van der Waals surface area contributed by atoms with Gasteiger partial charge in [-0.25, -0.2) is 12.8 Å². The zero-order chi connectivity index (χ0) is 21.1. The van der Waals surface area contributed by atoms with E-state index < -0.39 is 15.8 Å². The number of benzene rings is 3. The van der Waals surface area contributed by atoms with E-state index in [4.69, 9.17) is 0 Å². The van der Waals surface area contributed by atoms with Gasteiger partial charge in [-0.15, -0.1) is 0 Å². The molecule has 0 spiro atoms. The number of fused-ring (bicyclic) bond motifs is 1. The van der Waals surface area contributed by atoms with Gasteiger partial charge in [0.2, 0.25) is 0 Å². The summed E-state index contributed by atoms with van der Waals surface area (Å²) in [5, 5.41) is 3.08. The average molecular weight is 424 g/mol. The predicted octanol–water partition coefficient (Wildman–Crippen LogP) is 4.43. The first-order valence-electron chi connectivity index (χ1n) is 9.69. The summed E-state index contributed by atoms with van der Waals surface area (Å²) in [5.74, 6) is -0.713. The highest BCUT2D eigenvalue weighted by Crippen LogP contribution is 2.29. The van der Waals surface area contributed by atoms with Crippen molar-refractivity contribution in [3.8, 4) is 0 Å². The van der Waals surface area contributed by atoms with Crippen LogP contribution in [-0.4, -0.2) is 14.3 Å². The molecule has 0 heterocycles. The minimum Gasteiger partial charge on any atom is -0.345 e. The summed E-state index contributed by atoms with van der Waals surface area (Å²) in [7, 11) is -3.84. The molecule has 1 amide bonds. The third-order valence-electron chi connectivity index (χ3n) is 5.20. The van der Waals surface area contributed by atoms with Crippen molar-refractivity contribution in [1.29, 1.82) is 0 Å². The van der Waals surface area contributed by atoms with E-state index in [9.17, 15) is 17.6 Å². The Hall–Kier alpha value is -3.19. The second kappa shape index (κ2) is 8.28. The molecule has 7 heteroatoms. The van der Waals surface area contributed by atoms with Crippen LogP contribution in [0.15, 0.2) is 77.7 Å². The van der Waals surface area contributed by atoms with Crippen molar-refractivity contribution >= 4 is 21.6 Å². The van der Waals surface area contributed by atoms with E-state index >= 15 is 0 Å². The molecule has 1 aliphatic carbocycles. The molecule has 1 aliphatic rings. The first-order chi connectivity index (χ1) is 14.4. The van der Waals surface area contributed by atoms with Gasteiger partial charge in [0, 0.05) is 11.3 Å². The Kier molecular flexibility index (Phi) is 5.55. The maximum absolute atomic E-state index is 13.0. The van der Waals surface area contributed by atoms with Crippen molar-refractivity contribution < 1.29 is 17.6 Å². The molecular formula is C23H21FN2O3S. The minimum absolute atomic E-state index is 0.0286. The van der Waals surface area contributed by atoms with Gasteiger partial charge in [-0.3, -0.25) is 9.52 Å². The molecule has 0 saturated heterocycles. The molecule has 0 saturated carbocycles. The molecule has 1 unspecified atom stereocenters. The van der Waals surface area contributed by atoms with Gasteiger partial charge in [0.25, 0.3) is 15.9 Å². The molecule has 154 valence electrons. The second-order valence-corrected chi connectivity index (χ2v) is 8.94. The van der Waals surface area contributed by atoms with Crippen molar-refractivity contribution in [2.45, 2.75) is 30.2 Å². The standard InChI is InChI=1S/C23H21FN2O3S/c24-18-10-14-20(15-11-18)30(28,29)26-19-12-8-17(9-13-19)23(27)25-22-7-3-5-16-4-1-2-6-21(16)22/h1-2,4,6,8-15,22,26H,3,5,7H2,(H,25,27). The lowest BCUT2D eigenvalue weighted by Gasteiger charge is -2.26. The summed E-state index contributed by atoms with van der Waals surface area (Å²) in [4.78, 5) is 12.6. The van der Waals surface area contributed by atoms with Crippen LogP contribution >= 0.6 is 0 Å². The number of sulfonamides is 1. The molecule has 0 radical (unpaired) electrons. The van der Waals surface area contributed by atoms with Crippen molar-refractivity contribution in [3.05, 3.63) is 95.3 Å². The van der Waals surface area contributed by atoms with Gasteiger partial charge in [0.1, 0.15) is 5.82 Å². The summed E-state index contributed by atoms with van der Waals surface area (Å²) < 4.78 is 40.2. The maximum Gasteiger partial charge on any atom is 0.261 e. The van der Waals surface area contributed by atoms with Crippen LogP contribution in [0.2, 0.25) is 0 Å². The fourth-order valence-corrected chi connectivity index (χ4v) is 4.72. The van der Waals surface area contributed by atoms with Crippen molar-refractivity contribution in [1.82, 2.24) is 5.32 Å². The highest BCUT2D eigenvalue weighted by atomic mass is 32.2. The lowest BCUT2D eigenvalue weighted by Crippen LogP contribution is -2.30. The molecule has 3 aromatic rings. The zero-order valence-electron chi connectivity index (χ0n) is 16.1. The van der Waals surface area contributed by atoms with Crippen LogP contribution in [0.25, 0.3) is 0 Å². The fraction of sp³-hybridized carbons (Fsp3) is 0.174. The Labute approximate surface area is 175 Å². The van der Waals surface area contributed by atoms with Gasteiger partial charge in [-0.05, 0) is 78.9 Å².